The second-order valence-electron chi connectivity index (χ2n) is 4.60. The van der Waals surface area contributed by atoms with Crippen LogP contribution in [0.5, 0.6) is 0 Å². The van der Waals surface area contributed by atoms with Crippen LogP contribution in [0.2, 0.25) is 0 Å². The summed E-state index contributed by atoms with van der Waals surface area (Å²) in [7, 11) is -1.92. The molecule has 0 bridgehead atoms. The molecular formula is C13H21NO5S. The van der Waals surface area contributed by atoms with Gasteiger partial charge in [0.1, 0.15) is 11.5 Å². The summed E-state index contributed by atoms with van der Waals surface area (Å²) in [5.41, 5.74) is 1.21. The van der Waals surface area contributed by atoms with Gasteiger partial charge in [-0.2, -0.15) is 8.42 Å². The van der Waals surface area contributed by atoms with Crippen molar-refractivity contribution in [1.82, 2.24) is 5.32 Å². The van der Waals surface area contributed by atoms with Crippen LogP contribution in [0.15, 0.2) is 23.2 Å². The van der Waals surface area contributed by atoms with Crippen LogP contribution < -0.4 is 5.32 Å². The van der Waals surface area contributed by atoms with Gasteiger partial charge in [-0.3, -0.25) is 8.98 Å². The van der Waals surface area contributed by atoms with E-state index in [0.29, 0.717) is 24.3 Å². The Hall–Kier alpha value is -1.34. The number of ketones is 1. The molecule has 1 aliphatic rings. The largest absolute Gasteiger partial charge is 0.498 e. The van der Waals surface area contributed by atoms with Crippen LogP contribution in [0.3, 0.4) is 0 Å². The van der Waals surface area contributed by atoms with Crippen molar-refractivity contribution in [1.29, 1.82) is 0 Å². The molecule has 7 heteroatoms. The maximum atomic E-state index is 11.9. The lowest BCUT2D eigenvalue weighted by Crippen LogP contribution is -2.29. The molecule has 0 aliphatic carbocycles. The lowest BCUT2D eigenvalue weighted by molar-refractivity contribution is -0.115. The Balaban J connectivity index is 2.77. The van der Waals surface area contributed by atoms with Crippen molar-refractivity contribution in [2.45, 2.75) is 26.7 Å². The summed E-state index contributed by atoms with van der Waals surface area (Å²) < 4.78 is 31.8. The molecule has 6 nitrogen and oxygen atoms in total. The van der Waals surface area contributed by atoms with Crippen LogP contribution >= 0.6 is 0 Å². The summed E-state index contributed by atoms with van der Waals surface area (Å²) in [6, 6.07) is 0. The SMILES string of the molecule is CCC(=O)C1=C(OC)C(C)C=C(CCOS(C)(=O)=O)N1. The maximum Gasteiger partial charge on any atom is 0.264 e. The number of rotatable bonds is 7. The fourth-order valence-electron chi connectivity index (χ4n) is 1.99. The van der Waals surface area contributed by atoms with Crippen molar-refractivity contribution in [3.63, 3.8) is 0 Å². The Kier molecular flexibility index (Phi) is 5.76. The predicted molar refractivity (Wildman–Crippen MR) is 75.1 cm³/mol. The molecule has 1 atom stereocenters. The van der Waals surface area contributed by atoms with Crippen molar-refractivity contribution in [3.8, 4) is 0 Å². The van der Waals surface area contributed by atoms with E-state index in [4.69, 9.17) is 8.92 Å². The molecule has 0 amide bonds. The molecule has 0 fully saturated rings. The van der Waals surface area contributed by atoms with Crippen LogP contribution in [-0.4, -0.2) is 34.2 Å². The zero-order valence-corrected chi connectivity index (χ0v) is 13.0. The molecule has 1 rings (SSSR count). The predicted octanol–water partition coefficient (Wildman–Crippen LogP) is 1.31. The lowest BCUT2D eigenvalue weighted by Gasteiger charge is -2.25. The van der Waals surface area contributed by atoms with Crippen molar-refractivity contribution >= 4 is 15.9 Å². The molecule has 0 saturated heterocycles. The van der Waals surface area contributed by atoms with Gasteiger partial charge < -0.3 is 10.1 Å². The van der Waals surface area contributed by atoms with Gasteiger partial charge in [0.05, 0.1) is 20.0 Å². The number of hydrogen-bond acceptors (Lipinski definition) is 6. The zero-order chi connectivity index (χ0) is 15.3. The number of methoxy groups -OCH3 is 1. The second-order valence-corrected chi connectivity index (χ2v) is 6.25. The standard InChI is InChI=1S/C13H21NO5S/c1-5-11(15)12-13(18-3)9(2)8-10(14-12)6-7-19-20(4,16)17/h8-9,14H,5-7H2,1-4H3. The first-order chi connectivity index (χ1) is 9.28. The highest BCUT2D eigenvalue weighted by atomic mass is 32.2. The Morgan fingerprint density at radius 2 is 2.10 bits per heavy atom. The summed E-state index contributed by atoms with van der Waals surface area (Å²) in [6.45, 7) is 3.74. The number of ether oxygens (including phenoxy) is 1. The third-order valence-corrected chi connectivity index (χ3v) is 3.48. The summed E-state index contributed by atoms with van der Waals surface area (Å²) >= 11 is 0. The molecule has 0 radical (unpaired) electrons. The van der Waals surface area contributed by atoms with Crippen molar-refractivity contribution in [2.75, 3.05) is 20.0 Å². The van der Waals surface area contributed by atoms with Gasteiger partial charge in [-0.15, -0.1) is 0 Å². The quantitative estimate of drug-likeness (QED) is 0.714. The monoisotopic (exact) mass is 303 g/mol. The third kappa shape index (κ3) is 4.64. The number of hydrogen-bond donors (Lipinski definition) is 1. The fraction of sp³-hybridized carbons (Fsp3) is 0.615. The van der Waals surface area contributed by atoms with E-state index in [0.717, 1.165) is 12.0 Å². The highest BCUT2D eigenvalue weighted by molar-refractivity contribution is 7.85. The molecule has 0 aromatic rings. The smallest absolute Gasteiger partial charge is 0.264 e. The fourth-order valence-corrected chi connectivity index (χ4v) is 2.38. The molecule has 20 heavy (non-hydrogen) atoms. The van der Waals surface area contributed by atoms with Crippen molar-refractivity contribution < 1.29 is 22.1 Å². The topological polar surface area (TPSA) is 81.7 Å². The number of dihydropyridines is 1. The summed E-state index contributed by atoms with van der Waals surface area (Å²) in [6.07, 6.45) is 3.66. The van der Waals surface area contributed by atoms with E-state index >= 15 is 0 Å². The van der Waals surface area contributed by atoms with Gasteiger partial charge in [-0.25, -0.2) is 0 Å². The van der Waals surface area contributed by atoms with Crippen molar-refractivity contribution in [2.24, 2.45) is 5.92 Å². The maximum absolute atomic E-state index is 11.9. The average molecular weight is 303 g/mol. The first kappa shape index (κ1) is 16.7. The summed E-state index contributed by atoms with van der Waals surface area (Å²) in [5, 5.41) is 3.01. The number of Topliss-reactive ketones (excluding diaryl/α,β-unsaturated/α-hetero) is 1. The van der Waals surface area contributed by atoms with Crippen molar-refractivity contribution in [3.05, 3.63) is 23.2 Å². The van der Waals surface area contributed by atoms with E-state index in [1.54, 1.807) is 6.92 Å². The first-order valence-electron chi connectivity index (χ1n) is 6.42. The molecule has 1 heterocycles. The Morgan fingerprint density at radius 3 is 2.60 bits per heavy atom. The van der Waals surface area contributed by atoms with Gasteiger partial charge in [0.15, 0.2) is 5.78 Å². The number of carbonyl (C=O) groups excluding carboxylic acids is 1. The average Bonchev–Trinajstić information content (AvgIpc) is 2.35. The lowest BCUT2D eigenvalue weighted by atomic mass is 9.99. The molecule has 0 spiro atoms. The molecule has 114 valence electrons. The number of nitrogens with one attached hydrogen (secondary N) is 1. The van der Waals surface area contributed by atoms with Gasteiger partial charge in [0, 0.05) is 24.5 Å². The van der Waals surface area contributed by atoms with Crippen LogP contribution in [-0.2, 0) is 23.8 Å². The minimum absolute atomic E-state index is 0.0386. The summed E-state index contributed by atoms with van der Waals surface area (Å²) in [4.78, 5) is 11.9. The van der Waals surface area contributed by atoms with E-state index < -0.39 is 10.1 Å². The molecule has 1 N–H and O–H groups in total. The molecule has 1 aliphatic heterocycles. The van der Waals surface area contributed by atoms with E-state index in [-0.39, 0.29) is 18.3 Å². The van der Waals surface area contributed by atoms with E-state index in [1.807, 2.05) is 13.0 Å². The van der Waals surface area contributed by atoms with Gasteiger partial charge in [-0.1, -0.05) is 19.9 Å². The zero-order valence-electron chi connectivity index (χ0n) is 12.2. The normalized spacial score (nSPS) is 19.4. The molecular weight excluding hydrogens is 282 g/mol. The van der Waals surface area contributed by atoms with Crippen LogP contribution in [0.1, 0.15) is 26.7 Å². The Labute approximate surface area is 120 Å². The van der Waals surface area contributed by atoms with E-state index in [1.165, 1.54) is 7.11 Å². The minimum atomic E-state index is -3.45. The highest BCUT2D eigenvalue weighted by Gasteiger charge is 2.24. The molecule has 1 unspecified atom stereocenters. The molecule has 0 aromatic heterocycles. The van der Waals surface area contributed by atoms with Crippen LogP contribution in [0.25, 0.3) is 0 Å². The van der Waals surface area contributed by atoms with Gasteiger partial charge >= 0.3 is 0 Å². The van der Waals surface area contributed by atoms with E-state index in [9.17, 15) is 13.2 Å². The van der Waals surface area contributed by atoms with Gasteiger partial charge in [0.2, 0.25) is 0 Å². The molecule has 0 saturated carbocycles. The summed E-state index contributed by atoms with van der Waals surface area (Å²) in [5.74, 6) is 0.521. The number of allylic oxidation sites excluding steroid dienone is 2. The first-order valence-corrected chi connectivity index (χ1v) is 8.23. The van der Waals surface area contributed by atoms with Gasteiger partial charge in [-0.05, 0) is 0 Å². The van der Waals surface area contributed by atoms with Crippen LogP contribution in [0, 0.1) is 5.92 Å². The Bertz CT molecular complexity index is 533. The van der Waals surface area contributed by atoms with Crippen LogP contribution in [0.4, 0.5) is 0 Å². The minimum Gasteiger partial charge on any atom is -0.498 e. The Morgan fingerprint density at radius 1 is 1.45 bits per heavy atom. The van der Waals surface area contributed by atoms with Gasteiger partial charge in [0.25, 0.3) is 10.1 Å². The highest BCUT2D eigenvalue weighted by Crippen LogP contribution is 2.25. The molecule has 0 aromatic carbocycles. The third-order valence-electron chi connectivity index (χ3n) is 2.89. The second kappa shape index (κ2) is 6.90. The van der Waals surface area contributed by atoms with E-state index in [2.05, 4.69) is 5.32 Å². The number of carbonyl (C=O) groups is 1.